The Morgan fingerprint density at radius 2 is 1.07 bits per heavy atom. The SMILES string of the molecule is CO[C@@H](C)C(c1ccc(C)cc1)N1N=C(c2cc(F)ccc2F)SC1(CCCN)c1ccc(C)cc1.CO[C@](C)(C(=O)N1N=C(c2cc(F)ccc2F)SC1(CCCN)c1ccc(F)cc1)c1ccc(F)cc1. The predicted octanol–water partition coefficient (Wildman–Crippen LogP) is 12.3. The van der Waals surface area contributed by atoms with Gasteiger partial charge >= 0.3 is 0 Å². The first kappa shape index (κ1) is 54.8. The van der Waals surface area contributed by atoms with E-state index < -0.39 is 56.2 Å². The number of nitrogens with zero attached hydrogens (tertiary/aromatic N) is 4. The largest absolute Gasteiger partial charge is 0.379 e. The van der Waals surface area contributed by atoms with Crippen molar-refractivity contribution in [3.63, 3.8) is 0 Å². The molecular formula is C56H58F6N6O3S2. The lowest BCUT2D eigenvalue weighted by molar-refractivity contribution is -0.158. The number of halogens is 6. The fourth-order valence-corrected chi connectivity index (χ4v) is 11.7. The molecule has 6 aromatic rings. The molecule has 0 fully saturated rings. The molecule has 2 aliphatic heterocycles. The second kappa shape index (κ2) is 23.5. The first-order valence-corrected chi connectivity index (χ1v) is 25.3. The van der Waals surface area contributed by atoms with Crippen molar-refractivity contribution in [1.82, 2.24) is 10.0 Å². The number of carbonyl (C=O) groups is 1. The number of aryl methyl sites for hydroxylation is 2. The highest BCUT2D eigenvalue weighted by Crippen LogP contribution is 2.55. The summed E-state index contributed by atoms with van der Waals surface area (Å²) >= 11 is 2.50. The smallest absolute Gasteiger partial charge is 0.280 e. The summed E-state index contributed by atoms with van der Waals surface area (Å²) in [6.45, 7) is 8.39. The zero-order chi connectivity index (χ0) is 52.7. The minimum Gasteiger partial charge on any atom is -0.379 e. The van der Waals surface area contributed by atoms with Crippen LogP contribution in [0.25, 0.3) is 0 Å². The summed E-state index contributed by atoms with van der Waals surface area (Å²) in [7, 11) is 3.01. The predicted molar refractivity (Wildman–Crippen MR) is 278 cm³/mol. The third kappa shape index (κ3) is 11.6. The summed E-state index contributed by atoms with van der Waals surface area (Å²) in [5.74, 6) is -4.01. The summed E-state index contributed by atoms with van der Waals surface area (Å²) in [6, 6.07) is 33.6. The molecule has 0 bridgehead atoms. The van der Waals surface area contributed by atoms with Gasteiger partial charge in [-0.15, -0.1) is 0 Å². The molecule has 0 aromatic heterocycles. The van der Waals surface area contributed by atoms with E-state index in [1.807, 2.05) is 25.8 Å². The maximum atomic E-state index is 15.0. The lowest BCUT2D eigenvalue weighted by atomic mass is 9.92. The number of thioether (sulfide) groups is 2. The Morgan fingerprint density at radius 3 is 1.58 bits per heavy atom. The molecule has 0 aliphatic carbocycles. The van der Waals surface area contributed by atoms with Crippen LogP contribution in [0.1, 0.15) is 90.1 Å². The van der Waals surface area contributed by atoms with Crippen LogP contribution in [0.15, 0.2) is 144 Å². The highest BCUT2D eigenvalue weighted by atomic mass is 32.2. The molecule has 6 aromatic carbocycles. The summed E-state index contributed by atoms with van der Waals surface area (Å²) in [5, 5.41) is 13.2. The van der Waals surface area contributed by atoms with Crippen molar-refractivity contribution in [3.05, 3.63) is 213 Å². The van der Waals surface area contributed by atoms with Crippen LogP contribution in [0.5, 0.6) is 0 Å². The zero-order valence-electron chi connectivity index (χ0n) is 41.4. The second-order valence-corrected chi connectivity index (χ2v) is 20.5. The molecule has 0 saturated carbocycles. The molecule has 2 aliphatic rings. The van der Waals surface area contributed by atoms with Crippen molar-refractivity contribution in [2.75, 3.05) is 27.3 Å². The van der Waals surface area contributed by atoms with Crippen LogP contribution in [0.2, 0.25) is 0 Å². The quantitative estimate of drug-likeness (QED) is 0.0867. The lowest BCUT2D eigenvalue weighted by Gasteiger charge is -2.43. The van der Waals surface area contributed by atoms with E-state index in [0.717, 1.165) is 70.8 Å². The van der Waals surface area contributed by atoms with Crippen LogP contribution in [-0.2, 0) is 29.6 Å². The van der Waals surface area contributed by atoms with Crippen molar-refractivity contribution < 1.29 is 40.6 Å². The van der Waals surface area contributed by atoms with E-state index in [0.29, 0.717) is 35.6 Å². The number of hydrogen-bond donors (Lipinski definition) is 2. The number of benzene rings is 6. The van der Waals surface area contributed by atoms with Crippen molar-refractivity contribution in [2.24, 2.45) is 21.7 Å². The van der Waals surface area contributed by atoms with Gasteiger partial charge in [0.1, 0.15) is 54.7 Å². The lowest BCUT2D eigenvalue weighted by Crippen LogP contribution is -2.50. The minimum atomic E-state index is -1.62. The normalized spacial score (nSPS) is 19.2. The van der Waals surface area contributed by atoms with Gasteiger partial charge in [0.2, 0.25) is 0 Å². The Bertz CT molecular complexity index is 2930. The van der Waals surface area contributed by atoms with Gasteiger partial charge in [0.05, 0.1) is 12.1 Å². The highest BCUT2D eigenvalue weighted by molar-refractivity contribution is 8.15. The summed E-state index contributed by atoms with van der Waals surface area (Å²) in [4.78, 5) is 12.3. The van der Waals surface area contributed by atoms with Gasteiger partial charge in [-0.3, -0.25) is 9.80 Å². The number of methoxy groups -OCH3 is 2. The van der Waals surface area contributed by atoms with E-state index in [4.69, 9.17) is 26.0 Å². The molecule has 384 valence electrons. The van der Waals surface area contributed by atoms with Gasteiger partial charge in [0.15, 0.2) is 5.60 Å². The topological polar surface area (TPSA) is 119 Å². The standard InChI is InChI=1S/C29H33F2N3OS.C27H25F4N3O2S/c1-19-6-10-22(11-7-19)27(21(3)35-4)34-29(16-5-17-32,23-12-8-20(2)9-13-23)36-28(33-34)25-18-24(30)14-15-26(25)31;1-26(36-2,17-4-8-19(28)9-5-17)25(35)34-27(14-3-15-32,18-6-10-20(29)11-7-18)37-24(33-34)22-16-21(30)12-13-23(22)31/h6-15,18,21,27H,5,16-17,32H2,1-4H3;4-13,16H,3,14-15,32H2,1-2H3/t21-,27?,29?;26-,27?/m00/s1. The number of hydrazone groups is 2. The fraction of sp³-hybridized carbons (Fsp3) is 0.304. The van der Waals surface area contributed by atoms with E-state index in [9.17, 15) is 31.1 Å². The van der Waals surface area contributed by atoms with E-state index in [2.05, 4.69) is 53.6 Å². The molecule has 4 N–H and O–H groups in total. The molecule has 0 saturated heterocycles. The number of hydrogen-bond acceptors (Lipinski definition) is 10. The molecule has 17 heteroatoms. The van der Waals surface area contributed by atoms with E-state index in [1.54, 1.807) is 7.11 Å². The Labute approximate surface area is 431 Å². The maximum absolute atomic E-state index is 15.0. The Kier molecular flexibility index (Phi) is 17.6. The first-order chi connectivity index (χ1) is 34.9. The van der Waals surface area contributed by atoms with Crippen LogP contribution in [-0.4, -0.2) is 59.4 Å². The number of ether oxygens (including phenoxy) is 2. The molecule has 0 radical (unpaired) electrons. The monoisotopic (exact) mass is 1040 g/mol. The summed E-state index contributed by atoms with van der Waals surface area (Å²) < 4.78 is 97.1. The number of amides is 1. The van der Waals surface area contributed by atoms with Crippen molar-refractivity contribution in [3.8, 4) is 0 Å². The van der Waals surface area contributed by atoms with E-state index in [-0.39, 0.29) is 41.3 Å². The van der Waals surface area contributed by atoms with Crippen LogP contribution in [0.3, 0.4) is 0 Å². The maximum Gasteiger partial charge on any atom is 0.280 e. The number of rotatable bonds is 17. The molecule has 5 atom stereocenters. The van der Waals surface area contributed by atoms with Gasteiger partial charge in [-0.25, -0.2) is 31.4 Å². The van der Waals surface area contributed by atoms with Gasteiger partial charge in [0.25, 0.3) is 5.91 Å². The van der Waals surface area contributed by atoms with Crippen LogP contribution >= 0.6 is 23.5 Å². The summed E-state index contributed by atoms with van der Waals surface area (Å²) in [6.07, 6.45) is 1.85. The molecule has 3 unspecified atom stereocenters. The first-order valence-electron chi connectivity index (χ1n) is 23.7. The van der Waals surface area contributed by atoms with Crippen molar-refractivity contribution >= 4 is 39.5 Å². The average molecular weight is 1040 g/mol. The Hall–Kier alpha value is -5.95. The fourth-order valence-electron chi connectivity index (χ4n) is 8.83. The zero-order valence-corrected chi connectivity index (χ0v) is 43.0. The van der Waals surface area contributed by atoms with Crippen LogP contribution in [0, 0.1) is 48.8 Å². The summed E-state index contributed by atoms with van der Waals surface area (Å²) in [5.41, 5.74) is 15.4. The van der Waals surface area contributed by atoms with Gasteiger partial charge in [0, 0.05) is 25.3 Å². The molecule has 0 spiro atoms. The van der Waals surface area contributed by atoms with Gasteiger partial charge in [-0.2, -0.15) is 10.2 Å². The molecule has 2 heterocycles. The van der Waals surface area contributed by atoms with Crippen LogP contribution in [0.4, 0.5) is 26.3 Å². The highest BCUT2D eigenvalue weighted by Gasteiger charge is 2.54. The molecule has 73 heavy (non-hydrogen) atoms. The third-order valence-corrected chi connectivity index (χ3v) is 16.0. The minimum absolute atomic E-state index is 0.0595. The molecule has 1 amide bonds. The van der Waals surface area contributed by atoms with E-state index in [1.165, 1.54) is 85.4 Å². The Balaban J connectivity index is 0.000000214. The molecule has 8 rings (SSSR count). The number of carbonyl (C=O) groups excluding carboxylic acids is 1. The van der Waals surface area contributed by atoms with Crippen molar-refractivity contribution in [1.29, 1.82) is 0 Å². The second-order valence-electron chi connectivity index (χ2n) is 18.0. The van der Waals surface area contributed by atoms with Gasteiger partial charge < -0.3 is 20.9 Å². The van der Waals surface area contributed by atoms with E-state index >= 15 is 0 Å². The Morgan fingerprint density at radius 1 is 0.630 bits per heavy atom. The number of nitrogens with two attached hydrogens (primary N) is 2. The van der Waals surface area contributed by atoms with Crippen molar-refractivity contribution in [2.45, 2.75) is 80.9 Å². The third-order valence-electron chi connectivity index (χ3n) is 13.1. The van der Waals surface area contributed by atoms with Gasteiger partial charge in [-0.05, 0) is 149 Å². The molecular weight excluding hydrogens is 983 g/mol. The van der Waals surface area contributed by atoms with Crippen LogP contribution < -0.4 is 11.5 Å². The average Bonchev–Trinajstić information content (AvgIpc) is 3.97. The molecule has 9 nitrogen and oxygen atoms in total. The van der Waals surface area contributed by atoms with Gasteiger partial charge in [-0.1, -0.05) is 107 Å².